The van der Waals surface area contributed by atoms with E-state index in [0.29, 0.717) is 18.4 Å². The normalized spacial score (nSPS) is 24.6. The van der Waals surface area contributed by atoms with Gasteiger partial charge in [-0.05, 0) is 32.7 Å². The van der Waals surface area contributed by atoms with Crippen LogP contribution in [0.5, 0.6) is 0 Å². The largest absolute Gasteiger partial charge is 0.298 e. The summed E-state index contributed by atoms with van der Waals surface area (Å²) in [5.74, 6) is 0.418. The molecule has 0 aromatic carbocycles. The van der Waals surface area contributed by atoms with Crippen LogP contribution in [0.15, 0.2) is 0 Å². The van der Waals surface area contributed by atoms with E-state index in [-0.39, 0.29) is 0 Å². The number of carbonyl (C=O) groups excluding carboxylic acids is 1. The van der Waals surface area contributed by atoms with E-state index in [1.807, 2.05) is 0 Å². The molecule has 0 aliphatic carbocycles. The highest BCUT2D eigenvalue weighted by Gasteiger charge is 2.18. The van der Waals surface area contributed by atoms with Gasteiger partial charge in [0.2, 0.25) is 0 Å². The van der Waals surface area contributed by atoms with Crippen molar-refractivity contribution in [3.8, 4) is 0 Å². The summed E-state index contributed by atoms with van der Waals surface area (Å²) in [6.45, 7) is 6.14. The molecule has 0 aromatic heterocycles. The van der Waals surface area contributed by atoms with Gasteiger partial charge in [0.25, 0.3) is 0 Å². The maximum Gasteiger partial charge on any atom is 0.146 e. The maximum absolute atomic E-state index is 11.5. The Kier molecular flexibility index (Phi) is 5.16. The summed E-state index contributed by atoms with van der Waals surface area (Å²) in [6, 6.07) is 0.610. The highest BCUT2D eigenvalue weighted by atomic mass is 16.1. The lowest BCUT2D eigenvalue weighted by Crippen LogP contribution is -2.36. The minimum absolute atomic E-state index is 0.418. The number of carbonyl (C=O) groups is 1. The number of Topliss-reactive ketones (excluding diaryl/α,β-unsaturated/α-hetero) is 1. The second-order valence-electron chi connectivity index (χ2n) is 4.46. The molecule has 1 heterocycles. The molecule has 0 aromatic rings. The van der Waals surface area contributed by atoms with E-state index in [4.69, 9.17) is 0 Å². The van der Waals surface area contributed by atoms with E-state index in [1.165, 1.54) is 25.7 Å². The van der Waals surface area contributed by atoms with Gasteiger partial charge in [0.15, 0.2) is 0 Å². The van der Waals surface area contributed by atoms with E-state index in [9.17, 15) is 4.79 Å². The SMILES string of the molecule is CCCC(=O)CN1CCCCCC1C. The van der Waals surface area contributed by atoms with Crippen molar-refractivity contribution in [1.82, 2.24) is 4.90 Å². The van der Waals surface area contributed by atoms with E-state index in [0.717, 1.165) is 19.4 Å². The van der Waals surface area contributed by atoms with Crippen LogP contribution in [0.1, 0.15) is 52.4 Å². The lowest BCUT2D eigenvalue weighted by Gasteiger charge is -2.25. The summed E-state index contributed by atoms with van der Waals surface area (Å²) in [7, 11) is 0. The minimum Gasteiger partial charge on any atom is -0.298 e. The average Bonchev–Trinajstić information content (AvgIpc) is 2.33. The fourth-order valence-corrected chi connectivity index (χ4v) is 2.15. The lowest BCUT2D eigenvalue weighted by molar-refractivity contribution is -0.120. The predicted molar refractivity (Wildman–Crippen MR) is 59.4 cm³/mol. The summed E-state index contributed by atoms with van der Waals surface area (Å²) in [4.78, 5) is 13.9. The quantitative estimate of drug-likeness (QED) is 0.690. The third kappa shape index (κ3) is 3.79. The summed E-state index contributed by atoms with van der Waals surface area (Å²) in [6.07, 6.45) is 6.94. The summed E-state index contributed by atoms with van der Waals surface area (Å²) in [5, 5.41) is 0. The molecule has 0 spiro atoms. The van der Waals surface area contributed by atoms with Gasteiger partial charge >= 0.3 is 0 Å². The minimum atomic E-state index is 0.418. The molecule has 0 radical (unpaired) electrons. The fraction of sp³-hybridized carbons (Fsp3) is 0.917. The molecule has 1 atom stereocenters. The second-order valence-corrected chi connectivity index (χ2v) is 4.46. The zero-order valence-corrected chi connectivity index (χ0v) is 9.59. The van der Waals surface area contributed by atoms with Gasteiger partial charge in [-0.3, -0.25) is 9.69 Å². The van der Waals surface area contributed by atoms with E-state index in [2.05, 4.69) is 18.7 Å². The van der Waals surface area contributed by atoms with Crippen LogP contribution >= 0.6 is 0 Å². The van der Waals surface area contributed by atoms with Gasteiger partial charge in [0.1, 0.15) is 5.78 Å². The number of hydrogen-bond acceptors (Lipinski definition) is 2. The molecule has 1 aliphatic rings. The third-order valence-electron chi connectivity index (χ3n) is 3.10. The standard InChI is InChI=1S/C12H23NO/c1-3-7-12(14)10-13-9-6-4-5-8-11(13)2/h11H,3-10H2,1-2H3. The number of hydrogen-bond donors (Lipinski definition) is 0. The van der Waals surface area contributed by atoms with Gasteiger partial charge < -0.3 is 0 Å². The molecule has 1 aliphatic heterocycles. The Balaban J connectivity index is 2.36. The summed E-state index contributed by atoms with van der Waals surface area (Å²) < 4.78 is 0. The van der Waals surface area contributed by atoms with Gasteiger partial charge in [0, 0.05) is 12.5 Å². The Morgan fingerprint density at radius 2 is 2.14 bits per heavy atom. The van der Waals surface area contributed by atoms with Gasteiger partial charge in [0.05, 0.1) is 6.54 Å². The van der Waals surface area contributed by atoms with Gasteiger partial charge in [-0.2, -0.15) is 0 Å². The summed E-state index contributed by atoms with van der Waals surface area (Å²) in [5.41, 5.74) is 0. The van der Waals surface area contributed by atoms with Crippen molar-refractivity contribution < 1.29 is 4.79 Å². The van der Waals surface area contributed by atoms with Crippen LogP contribution in [0.25, 0.3) is 0 Å². The molecule has 1 saturated heterocycles. The monoisotopic (exact) mass is 197 g/mol. The van der Waals surface area contributed by atoms with Crippen LogP contribution in [0.3, 0.4) is 0 Å². The van der Waals surface area contributed by atoms with Crippen LogP contribution < -0.4 is 0 Å². The molecule has 0 N–H and O–H groups in total. The molecule has 0 amide bonds. The Hall–Kier alpha value is -0.370. The van der Waals surface area contributed by atoms with Crippen LogP contribution in [0, 0.1) is 0 Å². The Morgan fingerprint density at radius 3 is 2.86 bits per heavy atom. The third-order valence-corrected chi connectivity index (χ3v) is 3.10. The van der Waals surface area contributed by atoms with E-state index >= 15 is 0 Å². The molecular weight excluding hydrogens is 174 g/mol. The topological polar surface area (TPSA) is 20.3 Å². The molecule has 2 nitrogen and oxygen atoms in total. The smallest absolute Gasteiger partial charge is 0.146 e. The number of likely N-dealkylation sites (tertiary alicyclic amines) is 1. The number of ketones is 1. The van der Waals surface area contributed by atoms with Crippen LogP contribution in [-0.4, -0.2) is 29.8 Å². The highest BCUT2D eigenvalue weighted by Crippen LogP contribution is 2.16. The first-order chi connectivity index (χ1) is 6.74. The van der Waals surface area contributed by atoms with E-state index < -0.39 is 0 Å². The predicted octanol–water partition coefficient (Wildman–Crippen LogP) is 2.62. The summed E-state index contributed by atoms with van der Waals surface area (Å²) >= 11 is 0. The number of nitrogens with zero attached hydrogens (tertiary/aromatic N) is 1. The number of rotatable bonds is 4. The molecular formula is C12H23NO. The molecule has 82 valence electrons. The molecule has 0 bridgehead atoms. The molecule has 2 heteroatoms. The molecule has 0 saturated carbocycles. The van der Waals surface area contributed by atoms with Crippen LogP contribution in [-0.2, 0) is 4.79 Å². The van der Waals surface area contributed by atoms with Gasteiger partial charge in [-0.1, -0.05) is 19.8 Å². The first-order valence-electron chi connectivity index (χ1n) is 5.99. The highest BCUT2D eigenvalue weighted by molar-refractivity contribution is 5.80. The first kappa shape index (κ1) is 11.7. The first-order valence-corrected chi connectivity index (χ1v) is 5.99. The zero-order valence-electron chi connectivity index (χ0n) is 9.59. The van der Waals surface area contributed by atoms with Crippen LogP contribution in [0.4, 0.5) is 0 Å². The maximum atomic E-state index is 11.5. The van der Waals surface area contributed by atoms with Crippen molar-refractivity contribution in [2.24, 2.45) is 0 Å². The van der Waals surface area contributed by atoms with Crippen molar-refractivity contribution in [2.45, 2.75) is 58.4 Å². The molecule has 1 fully saturated rings. The van der Waals surface area contributed by atoms with Gasteiger partial charge in [-0.25, -0.2) is 0 Å². The Bertz CT molecular complexity index is 179. The Labute approximate surface area is 87.7 Å². The zero-order chi connectivity index (χ0) is 10.4. The van der Waals surface area contributed by atoms with E-state index in [1.54, 1.807) is 0 Å². The second kappa shape index (κ2) is 6.18. The van der Waals surface area contributed by atoms with Crippen molar-refractivity contribution in [2.75, 3.05) is 13.1 Å². The van der Waals surface area contributed by atoms with Gasteiger partial charge in [-0.15, -0.1) is 0 Å². The molecule has 14 heavy (non-hydrogen) atoms. The van der Waals surface area contributed by atoms with Crippen molar-refractivity contribution in [3.05, 3.63) is 0 Å². The van der Waals surface area contributed by atoms with Crippen molar-refractivity contribution in [1.29, 1.82) is 0 Å². The average molecular weight is 197 g/mol. The fourth-order valence-electron chi connectivity index (χ4n) is 2.15. The molecule has 1 rings (SSSR count). The van der Waals surface area contributed by atoms with Crippen molar-refractivity contribution in [3.63, 3.8) is 0 Å². The Morgan fingerprint density at radius 1 is 1.36 bits per heavy atom. The van der Waals surface area contributed by atoms with Crippen LogP contribution in [0.2, 0.25) is 0 Å². The molecule has 1 unspecified atom stereocenters. The van der Waals surface area contributed by atoms with Crippen molar-refractivity contribution >= 4 is 5.78 Å². The lowest BCUT2D eigenvalue weighted by atomic mass is 10.1.